The maximum Gasteiger partial charge on any atom is 0.417 e. The monoisotopic (exact) mass is 482 g/mol. The van der Waals surface area contributed by atoms with Crippen LogP contribution in [0.4, 0.5) is 13.2 Å². The average molecular weight is 483 g/mol. The van der Waals surface area contributed by atoms with Crippen LogP contribution in [0.2, 0.25) is 0 Å². The summed E-state index contributed by atoms with van der Waals surface area (Å²) in [6, 6.07) is 1.13. The fourth-order valence-electron chi connectivity index (χ4n) is 6.04. The number of alkyl halides is 3. The third-order valence-electron chi connectivity index (χ3n) is 7.83. The highest BCUT2D eigenvalue weighted by molar-refractivity contribution is 5.95. The van der Waals surface area contributed by atoms with Crippen molar-refractivity contribution in [1.82, 2.24) is 20.5 Å². The first kappa shape index (κ1) is 23.5. The molecule has 3 aliphatic heterocycles. The minimum atomic E-state index is -4.49. The Morgan fingerprint density at radius 1 is 1.41 bits per heavy atom. The van der Waals surface area contributed by atoms with Crippen LogP contribution in [0, 0.1) is 11.3 Å². The van der Waals surface area contributed by atoms with Gasteiger partial charge < -0.3 is 25.0 Å². The van der Waals surface area contributed by atoms with E-state index in [2.05, 4.69) is 15.6 Å². The smallest absolute Gasteiger partial charge is 0.379 e. The Hall–Kier alpha value is -2.24. The van der Waals surface area contributed by atoms with Crippen LogP contribution in [-0.2, 0) is 38.2 Å². The predicted molar refractivity (Wildman–Crippen MR) is 113 cm³/mol. The number of halogens is 3. The van der Waals surface area contributed by atoms with Crippen molar-refractivity contribution in [1.29, 1.82) is 0 Å². The molecule has 3 fully saturated rings. The van der Waals surface area contributed by atoms with E-state index in [4.69, 9.17) is 9.47 Å². The second kappa shape index (κ2) is 8.76. The van der Waals surface area contributed by atoms with Crippen LogP contribution in [0.25, 0.3) is 0 Å². The highest BCUT2D eigenvalue weighted by Crippen LogP contribution is 2.48. The first-order valence-electron chi connectivity index (χ1n) is 11.7. The van der Waals surface area contributed by atoms with Crippen molar-refractivity contribution in [2.24, 2.45) is 11.3 Å². The lowest BCUT2D eigenvalue weighted by Gasteiger charge is -2.37. The van der Waals surface area contributed by atoms with E-state index in [1.54, 1.807) is 12.0 Å². The van der Waals surface area contributed by atoms with Crippen molar-refractivity contribution in [2.75, 3.05) is 33.4 Å². The van der Waals surface area contributed by atoms with E-state index in [1.165, 1.54) is 0 Å². The molecule has 0 aromatic carbocycles. The number of methoxy groups -OCH3 is 1. The molecule has 186 valence electrons. The number of nitrogens with one attached hydrogen (secondary N) is 2. The number of fused-ring (bicyclic) bond motifs is 2. The van der Waals surface area contributed by atoms with Crippen molar-refractivity contribution in [3.05, 3.63) is 29.1 Å². The summed E-state index contributed by atoms with van der Waals surface area (Å²) in [5, 5.41) is 6.45. The normalized spacial score (nSPS) is 33.4. The molecule has 5 rings (SSSR count). The number of ether oxygens (including phenoxy) is 2. The molecule has 1 aromatic heterocycles. The largest absolute Gasteiger partial charge is 0.417 e. The van der Waals surface area contributed by atoms with Crippen molar-refractivity contribution < 1.29 is 32.2 Å². The lowest BCUT2D eigenvalue weighted by molar-refractivity contribution is -0.145. The molecule has 1 saturated carbocycles. The van der Waals surface area contributed by atoms with E-state index in [0.717, 1.165) is 18.7 Å². The quantitative estimate of drug-likeness (QED) is 0.672. The number of hydrogen-bond acceptors (Lipinski definition) is 6. The molecule has 5 atom stereocenters. The fraction of sp³-hybridized carbons (Fsp3) is 0.696. The van der Waals surface area contributed by atoms with Crippen LogP contribution >= 0.6 is 0 Å². The van der Waals surface area contributed by atoms with Crippen LogP contribution in [0.15, 0.2) is 12.3 Å². The van der Waals surface area contributed by atoms with Crippen LogP contribution in [-0.4, -0.2) is 73.3 Å². The number of carbonyl (C=O) groups excluding carboxylic acids is 2. The number of rotatable bonds is 4. The summed E-state index contributed by atoms with van der Waals surface area (Å²) >= 11 is 0. The van der Waals surface area contributed by atoms with Gasteiger partial charge in [0.25, 0.3) is 0 Å². The summed E-state index contributed by atoms with van der Waals surface area (Å²) in [5.41, 5.74) is -0.710. The number of nitrogens with zero attached hydrogens (tertiary/aromatic N) is 2. The molecule has 2 unspecified atom stereocenters. The molecule has 0 bridgehead atoms. The van der Waals surface area contributed by atoms with Gasteiger partial charge in [-0.3, -0.25) is 14.6 Å². The average Bonchev–Trinajstić information content (AvgIpc) is 3.34. The Labute approximate surface area is 195 Å². The Bertz CT molecular complexity index is 974. The summed E-state index contributed by atoms with van der Waals surface area (Å²) < 4.78 is 50.6. The highest BCUT2D eigenvalue weighted by atomic mass is 19.4. The van der Waals surface area contributed by atoms with Gasteiger partial charge in [0.15, 0.2) is 0 Å². The van der Waals surface area contributed by atoms with Gasteiger partial charge in [0.2, 0.25) is 11.8 Å². The zero-order chi connectivity index (χ0) is 24.1. The van der Waals surface area contributed by atoms with Gasteiger partial charge in [-0.2, -0.15) is 13.2 Å². The molecule has 34 heavy (non-hydrogen) atoms. The molecule has 2 N–H and O–H groups in total. The summed E-state index contributed by atoms with van der Waals surface area (Å²) in [7, 11) is 1.64. The number of aromatic nitrogens is 1. The summed E-state index contributed by atoms with van der Waals surface area (Å²) in [4.78, 5) is 32.1. The van der Waals surface area contributed by atoms with Crippen molar-refractivity contribution >= 4 is 11.8 Å². The Morgan fingerprint density at radius 2 is 2.24 bits per heavy atom. The molecule has 0 spiro atoms. The molecule has 4 heterocycles. The van der Waals surface area contributed by atoms with E-state index in [0.29, 0.717) is 50.3 Å². The van der Waals surface area contributed by atoms with Gasteiger partial charge in [0.1, 0.15) is 0 Å². The minimum absolute atomic E-state index is 0.0312. The van der Waals surface area contributed by atoms with Gasteiger partial charge in [-0.15, -0.1) is 0 Å². The van der Waals surface area contributed by atoms with Gasteiger partial charge in [-0.05, 0) is 30.9 Å². The first-order valence-corrected chi connectivity index (χ1v) is 11.7. The Kier molecular flexibility index (Phi) is 6.06. The van der Waals surface area contributed by atoms with Crippen LogP contribution in [0.3, 0.4) is 0 Å². The van der Waals surface area contributed by atoms with E-state index < -0.39 is 23.1 Å². The molecule has 11 heteroatoms. The lowest BCUT2D eigenvalue weighted by Crippen LogP contribution is -2.52. The standard InChI is InChI=1S/C23H29F3N4O4/c1-33-19-11-34-5-3-18(19)29-15-7-16-20(31)28-12-22(16,8-15)21(32)30-4-2-17-13(10-30)6-14(9-27-17)23(24,25)26/h6,9,15-16,18-19,29H,2-5,7-8,10-12H2,1H3,(H,28,31)/t15-,16+,18?,19?,22+/m1/s1. The predicted octanol–water partition coefficient (Wildman–Crippen LogP) is 1.27. The van der Waals surface area contributed by atoms with E-state index in [1.807, 2.05) is 0 Å². The summed E-state index contributed by atoms with van der Waals surface area (Å²) in [6.07, 6.45) is -1.53. The van der Waals surface area contributed by atoms with Gasteiger partial charge in [-0.1, -0.05) is 0 Å². The molecule has 1 aliphatic carbocycles. The van der Waals surface area contributed by atoms with Gasteiger partial charge in [0.05, 0.1) is 29.6 Å². The highest BCUT2D eigenvalue weighted by Gasteiger charge is 2.60. The molecular weight excluding hydrogens is 453 g/mol. The Morgan fingerprint density at radius 3 is 3.00 bits per heavy atom. The maximum atomic E-state index is 13.8. The van der Waals surface area contributed by atoms with E-state index in [9.17, 15) is 22.8 Å². The lowest BCUT2D eigenvalue weighted by atomic mass is 9.78. The summed E-state index contributed by atoms with van der Waals surface area (Å²) in [5.74, 6) is -0.760. The van der Waals surface area contributed by atoms with Crippen molar-refractivity contribution in [3.8, 4) is 0 Å². The molecule has 8 nitrogen and oxygen atoms in total. The number of amides is 2. The fourth-order valence-corrected chi connectivity index (χ4v) is 6.04. The third kappa shape index (κ3) is 4.07. The minimum Gasteiger partial charge on any atom is -0.379 e. The second-order valence-electron chi connectivity index (χ2n) is 9.78. The molecule has 1 aromatic rings. The van der Waals surface area contributed by atoms with Crippen LogP contribution < -0.4 is 10.6 Å². The molecule has 2 amide bonds. The maximum absolute atomic E-state index is 13.8. The zero-order valence-electron chi connectivity index (χ0n) is 19.0. The Balaban J connectivity index is 1.34. The third-order valence-corrected chi connectivity index (χ3v) is 7.83. The van der Waals surface area contributed by atoms with Crippen molar-refractivity contribution in [3.63, 3.8) is 0 Å². The molecule has 0 radical (unpaired) electrons. The summed E-state index contributed by atoms with van der Waals surface area (Å²) in [6.45, 7) is 1.81. The molecule has 2 saturated heterocycles. The molecule has 4 aliphatic rings. The van der Waals surface area contributed by atoms with Gasteiger partial charge in [-0.25, -0.2) is 0 Å². The van der Waals surface area contributed by atoms with E-state index in [-0.39, 0.29) is 43.1 Å². The van der Waals surface area contributed by atoms with E-state index >= 15 is 0 Å². The first-order chi connectivity index (χ1) is 16.2. The number of hydrogen-bond donors (Lipinski definition) is 2. The van der Waals surface area contributed by atoms with Crippen LogP contribution in [0.1, 0.15) is 36.1 Å². The SMILES string of the molecule is COC1COCCC1N[C@@H]1C[C@H]2C(=O)NC[C@@]2(C(=O)N2CCc3ncc(C(F)(F)F)cc3C2)C1. The zero-order valence-corrected chi connectivity index (χ0v) is 19.0. The number of pyridine rings is 1. The van der Waals surface area contributed by atoms with Crippen molar-refractivity contribution in [2.45, 2.75) is 56.6 Å². The molecular formula is C23H29F3N4O4. The number of carbonyl (C=O) groups is 2. The van der Waals surface area contributed by atoms with Gasteiger partial charge >= 0.3 is 6.18 Å². The topological polar surface area (TPSA) is 92.8 Å². The second-order valence-corrected chi connectivity index (χ2v) is 9.78. The van der Waals surface area contributed by atoms with Gasteiger partial charge in [0, 0.05) is 63.7 Å². The van der Waals surface area contributed by atoms with Crippen LogP contribution in [0.5, 0.6) is 0 Å².